The summed E-state index contributed by atoms with van der Waals surface area (Å²) < 4.78 is 27.9. The van der Waals surface area contributed by atoms with Crippen molar-refractivity contribution in [3.63, 3.8) is 0 Å². The van der Waals surface area contributed by atoms with Crippen molar-refractivity contribution < 1.29 is 38.4 Å². The number of nitrogens with two attached hydrogens (primary N) is 1. The maximum Gasteiger partial charge on any atom is 0.315 e. The van der Waals surface area contributed by atoms with Crippen molar-refractivity contribution in [2.45, 2.75) is 37.6 Å². The van der Waals surface area contributed by atoms with Crippen LogP contribution >= 0.6 is 0 Å². The molecule has 4 atom stereocenters. The number of ether oxygens (including phenoxy) is 5. The van der Waals surface area contributed by atoms with Crippen LogP contribution in [0.4, 0.5) is 4.79 Å². The molecule has 2 aromatic rings. The monoisotopic (exact) mass is 670 g/mol. The molecule has 2 heterocycles. The molecule has 0 radical (unpaired) electrons. The molecule has 4 unspecified atom stereocenters. The fourth-order valence-electron chi connectivity index (χ4n) is 6.74. The van der Waals surface area contributed by atoms with Gasteiger partial charge in [0.05, 0.1) is 32.8 Å². The highest BCUT2D eigenvalue weighted by atomic mass is 16.7. The zero-order valence-electron chi connectivity index (χ0n) is 27.9. The lowest BCUT2D eigenvalue weighted by Gasteiger charge is -2.39. The summed E-state index contributed by atoms with van der Waals surface area (Å²) in [5.74, 6) is -0.390. The lowest BCUT2D eigenvalue weighted by Crippen LogP contribution is -2.47. The number of esters is 1. The van der Waals surface area contributed by atoms with E-state index >= 15 is 0 Å². The molecule has 14 nitrogen and oxygen atoms in total. The number of unbranched alkanes of at least 4 members (excludes halogenated alkanes) is 1. The van der Waals surface area contributed by atoms with Crippen LogP contribution < -0.4 is 51.3 Å². The zero-order valence-corrected chi connectivity index (χ0v) is 27.9. The first-order valence-corrected chi connectivity index (χ1v) is 16.9. The number of nitrogens with one attached hydrogen (secondary N) is 5. The summed E-state index contributed by atoms with van der Waals surface area (Å²) in [4.78, 5) is 26.5. The van der Waals surface area contributed by atoms with Gasteiger partial charge < -0.3 is 61.1 Å². The van der Waals surface area contributed by atoms with Crippen molar-refractivity contribution in [1.29, 1.82) is 0 Å². The number of cyclic esters (lactones) is 1. The van der Waals surface area contributed by atoms with Crippen molar-refractivity contribution in [1.82, 2.24) is 26.6 Å². The van der Waals surface area contributed by atoms with Crippen LogP contribution in [-0.2, 0) is 9.53 Å². The van der Waals surface area contributed by atoms with Crippen molar-refractivity contribution in [2.75, 3.05) is 80.0 Å². The molecule has 14 heteroatoms. The minimum atomic E-state index is -0.615. The molecule has 5 rings (SSSR count). The van der Waals surface area contributed by atoms with E-state index in [0.717, 1.165) is 76.1 Å². The van der Waals surface area contributed by atoms with Gasteiger partial charge in [0.15, 0.2) is 23.0 Å². The van der Waals surface area contributed by atoms with Crippen molar-refractivity contribution in [2.24, 2.45) is 17.6 Å². The second-order valence-corrected chi connectivity index (χ2v) is 12.2. The molecule has 48 heavy (non-hydrogen) atoms. The second-order valence-electron chi connectivity index (χ2n) is 12.2. The summed E-state index contributed by atoms with van der Waals surface area (Å²) in [5.41, 5.74) is 7.79. The highest BCUT2D eigenvalue weighted by Gasteiger charge is 2.53. The Morgan fingerprint density at radius 3 is 2.08 bits per heavy atom. The van der Waals surface area contributed by atoms with Gasteiger partial charge in [0.1, 0.15) is 0 Å². The van der Waals surface area contributed by atoms with Crippen LogP contribution in [0.2, 0.25) is 0 Å². The van der Waals surface area contributed by atoms with E-state index < -0.39 is 17.9 Å². The number of methoxy groups -OCH3 is 2. The van der Waals surface area contributed by atoms with E-state index in [1.165, 1.54) is 14.2 Å². The third-order valence-electron chi connectivity index (χ3n) is 9.14. The minimum absolute atomic E-state index is 0.0774. The van der Waals surface area contributed by atoms with Crippen LogP contribution in [0.3, 0.4) is 0 Å². The molecule has 1 aliphatic carbocycles. The summed E-state index contributed by atoms with van der Waals surface area (Å²) >= 11 is 0. The van der Waals surface area contributed by atoms with Crippen LogP contribution in [0.5, 0.6) is 28.7 Å². The Morgan fingerprint density at radius 1 is 0.833 bits per heavy atom. The first-order chi connectivity index (χ1) is 23.5. The molecule has 1 saturated heterocycles. The average molecular weight is 671 g/mol. The molecule has 8 N–H and O–H groups in total. The van der Waals surface area contributed by atoms with E-state index in [2.05, 4.69) is 26.6 Å². The third kappa shape index (κ3) is 8.35. The maximum absolute atomic E-state index is 13.3. The SMILES string of the molecule is COc1cc(C2c3cc4c(cc3C(NC(=O)NCCNCCCNCCCCNCCCN)C3COC(=O)C23)OCO4)cc(OC)c1O. The van der Waals surface area contributed by atoms with Gasteiger partial charge in [-0.3, -0.25) is 4.79 Å². The molecule has 2 aliphatic heterocycles. The number of rotatable bonds is 19. The third-order valence-corrected chi connectivity index (χ3v) is 9.14. The molecule has 0 spiro atoms. The Labute approximate surface area is 281 Å². The molecule has 264 valence electrons. The maximum atomic E-state index is 13.3. The van der Waals surface area contributed by atoms with Crippen LogP contribution in [-0.4, -0.2) is 97.1 Å². The molecule has 2 amide bonds. The summed E-state index contributed by atoms with van der Waals surface area (Å²) in [5, 5.41) is 26.9. The molecule has 0 bridgehead atoms. The highest BCUT2D eigenvalue weighted by Crippen LogP contribution is 2.55. The first kappa shape index (κ1) is 35.3. The summed E-state index contributed by atoms with van der Waals surface area (Å²) in [6.07, 6.45) is 4.30. The Balaban J connectivity index is 1.17. The van der Waals surface area contributed by atoms with Crippen LogP contribution in [0, 0.1) is 11.8 Å². The van der Waals surface area contributed by atoms with Gasteiger partial charge in [-0.15, -0.1) is 0 Å². The molecule has 0 saturated carbocycles. The van der Waals surface area contributed by atoms with Crippen LogP contribution in [0.1, 0.15) is 54.3 Å². The first-order valence-electron chi connectivity index (χ1n) is 16.9. The molecular formula is C34H50N6O8. The van der Waals surface area contributed by atoms with Gasteiger partial charge in [-0.05, 0) is 106 Å². The number of hydrogen-bond acceptors (Lipinski definition) is 12. The lowest BCUT2D eigenvalue weighted by atomic mass is 9.65. The number of carbonyl (C=O) groups is 2. The van der Waals surface area contributed by atoms with Gasteiger partial charge in [0.2, 0.25) is 12.5 Å². The number of phenols is 1. The average Bonchev–Trinajstić information content (AvgIpc) is 3.72. The fourth-order valence-corrected chi connectivity index (χ4v) is 6.74. The molecule has 1 fully saturated rings. The van der Waals surface area contributed by atoms with Gasteiger partial charge in [-0.2, -0.15) is 0 Å². The Kier molecular flexibility index (Phi) is 12.8. The quantitative estimate of drug-likeness (QED) is 0.0849. The largest absolute Gasteiger partial charge is 0.502 e. The summed E-state index contributed by atoms with van der Waals surface area (Å²) in [7, 11) is 2.91. The van der Waals surface area contributed by atoms with Crippen LogP contribution in [0.25, 0.3) is 0 Å². The van der Waals surface area contributed by atoms with E-state index in [4.69, 9.17) is 29.4 Å². The predicted octanol–water partition coefficient (Wildman–Crippen LogP) is 1.70. The fraction of sp³-hybridized carbons (Fsp3) is 0.588. The number of aromatic hydroxyl groups is 1. The summed E-state index contributed by atoms with van der Waals surface area (Å²) in [6.45, 7) is 6.82. The second kappa shape index (κ2) is 17.4. The topological polar surface area (TPSA) is 187 Å². The minimum Gasteiger partial charge on any atom is -0.502 e. The van der Waals surface area contributed by atoms with Crippen molar-refractivity contribution in [3.8, 4) is 28.7 Å². The number of amides is 2. The van der Waals surface area contributed by atoms with Gasteiger partial charge in [0, 0.05) is 24.9 Å². The molecule has 0 aromatic heterocycles. The predicted molar refractivity (Wildman–Crippen MR) is 179 cm³/mol. The number of hydrogen-bond donors (Lipinski definition) is 7. The van der Waals surface area contributed by atoms with Gasteiger partial charge in [0.25, 0.3) is 0 Å². The van der Waals surface area contributed by atoms with Gasteiger partial charge in [-0.25, -0.2) is 4.79 Å². The van der Waals surface area contributed by atoms with Gasteiger partial charge in [-0.1, -0.05) is 0 Å². The Morgan fingerprint density at radius 2 is 1.44 bits per heavy atom. The van der Waals surface area contributed by atoms with Crippen LogP contribution in [0.15, 0.2) is 24.3 Å². The zero-order chi connectivity index (χ0) is 33.9. The van der Waals surface area contributed by atoms with Crippen molar-refractivity contribution in [3.05, 3.63) is 41.0 Å². The van der Waals surface area contributed by atoms with E-state index in [-0.39, 0.29) is 48.6 Å². The van der Waals surface area contributed by atoms with E-state index in [0.29, 0.717) is 30.2 Å². The molecular weight excluding hydrogens is 620 g/mol. The number of fused-ring (bicyclic) bond motifs is 3. The van der Waals surface area contributed by atoms with E-state index in [1.807, 2.05) is 12.1 Å². The highest BCUT2D eigenvalue weighted by molar-refractivity contribution is 5.80. The Hall–Kier alpha value is -3.98. The smallest absolute Gasteiger partial charge is 0.315 e. The number of carbonyl (C=O) groups excluding carboxylic acids is 2. The molecule has 2 aromatic carbocycles. The molecule has 3 aliphatic rings. The number of phenolic OH excluding ortho intramolecular Hbond substituents is 1. The lowest BCUT2D eigenvalue weighted by molar-refractivity contribution is -0.141. The van der Waals surface area contributed by atoms with E-state index in [9.17, 15) is 14.7 Å². The number of urea groups is 1. The number of benzene rings is 2. The normalized spacial score (nSPS) is 20.5. The summed E-state index contributed by atoms with van der Waals surface area (Å²) in [6, 6.07) is 6.28. The van der Waals surface area contributed by atoms with Crippen molar-refractivity contribution >= 4 is 12.0 Å². The Bertz CT molecular complexity index is 1370. The standard InChI is InChI=1S/C34H50N6O8/c1-44-27-15-21(16-28(45-2)32(27)41)29-22-17-25-26(48-20-47-25)18-23(22)31(24-19-46-33(42)30(24)29)40-34(43)39-14-13-38-12-6-11-37-9-4-3-8-36-10-5-7-35/h15-18,24,29-31,36-38,41H,3-14,19-20,35H2,1-2H3,(H2,39,40,43). The van der Waals surface area contributed by atoms with E-state index in [1.54, 1.807) is 12.1 Å². The van der Waals surface area contributed by atoms with Gasteiger partial charge >= 0.3 is 12.0 Å².